The van der Waals surface area contributed by atoms with Crippen LogP contribution in [0.4, 0.5) is 4.79 Å². The lowest BCUT2D eigenvalue weighted by molar-refractivity contribution is -0.162. The third kappa shape index (κ3) is 1.10. The Morgan fingerprint density at radius 2 is 2.56 bits per heavy atom. The summed E-state index contributed by atoms with van der Waals surface area (Å²) in [6, 6.07) is -0.637. The van der Waals surface area contributed by atoms with Crippen LogP contribution >= 0.6 is 0 Å². The SMILES string of the molecule is O=C(O)N[C@H]1COC1=O. The minimum Gasteiger partial charge on any atom is -0.465 e. The van der Waals surface area contributed by atoms with Crippen LogP contribution in [0.5, 0.6) is 0 Å². The fourth-order valence-corrected chi connectivity index (χ4v) is 0.484. The Morgan fingerprint density at radius 1 is 1.89 bits per heavy atom. The van der Waals surface area contributed by atoms with Crippen molar-refractivity contribution in [2.75, 3.05) is 6.61 Å². The van der Waals surface area contributed by atoms with Crippen molar-refractivity contribution in [1.82, 2.24) is 5.32 Å². The van der Waals surface area contributed by atoms with Gasteiger partial charge in [0.25, 0.3) is 0 Å². The maximum atomic E-state index is 10.2. The Hall–Kier alpha value is -1.26. The Labute approximate surface area is 50.6 Å². The van der Waals surface area contributed by atoms with Crippen LogP contribution in [-0.2, 0) is 9.53 Å². The number of rotatable bonds is 1. The lowest BCUT2D eigenvalue weighted by Crippen LogP contribution is -2.52. The van der Waals surface area contributed by atoms with Gasteiger partial charge < -0.3 is 15.2 Å². The maximum Gasteiger partial charge on any atom is 0.405 e. The van der Waals surface area contributed by atoms with E-state index in [1.165, 1.54) is 0 Å². The number of esters is 1. The maximum absolute atomic E-state index is 10.2. The molecule has 0 radical (unpaired) electrons. The molecule has 1 aliphatic rings. The van der Waals surface area contributed by atoms with Gasteiger partial charge in [-0.3, -0.25) is 0 Å². The first-order valence-corrected chi connectivity index (χ1v) is 2.36. The first kappa shape index (κ1) is 5.87. The van der Waals surface area contributed by atoms with Gasteiger partial charge in [0.05, 0.1) is 0 Å². The van der Waals surface area contributed by atoms with Crippen LogP contribution in [0.1, 0.15) is 0 Å². The molecular formula is C4H5NO4. The van der Waals surface area contributed by atoms with E-state index in [2.05, 4.69) is 4.74 Å². The van der Waals surface area contributed by atoms with Crippen LogP contribution in [0.2, 0.25) is 0 Å². The third-order valence-electron chi connectivity index (χ3n) is 0.974. The summed E-state index contributed by atoms with van der Waals surface area (Å²) in [5, 5.41) is 10.0. The zero-order valence-electron chi connectivity index (χ0n) is 4.46. The normalized spacial score (nSPS) is 24.0. The summed E-state index contributed by atoms with van der Waals surface area (Å²) in [6.07, 6.45) is -1.20. The van der Waals surface area contributed by atoms with Crippen LogP contribution in [0.15, 0.2) is 0 Å². The summed E-state index contributed by atoms with van der Waals surface area (Å²) in [7, 11) is 0. The van der Waals surface area contributed by atoms with Gasteiger partial charge in [-0.25, -0.2) is 9.59 Å². The summed E-state index contributed by atoms with van der Waals surface area (Å²) in [4.78, 5) is 20.0. The second-order valence-corrected chi connectivity index (χ2v) is 1.63. The standard InChI is InChI=1S/C4H5NO4/c6-3-2(1-9-3)5-4(7)8/h2,5H,1H2,(H,7,8)/t2-/m0/s1. The van der Waals surface area contributed by atoms with Crippen LogP contribution in [0.3, 0.4) is 0 Å². The molecular weight excluding hydrogens is 126 g/mol. The molecule has 50 valence electrons. The number of carbonyl (C=O) groups is 2. The predicted molar refractivity (Wildman–Crippen MR) is 25.9 cm³/mol. The second-order valence-electron chi connectivity index (χ2n) is 1.63. The number of ether oxygens (including phenoxy) is 1. The highest BCUT2D eigenvalue weighted by Crippen LogP contribution is 2.01. The highest BCUT2D eigenvalue weighted by atomic mass is 16.6. The summed E-state index contributed by atoms with van der Waals surface area (Å²) in [5.41, 5.74) is 0. The van der Waals surface area contributed by atoms with Crippen molar-refractivity contribution in [3.63, 3.8) is 0 Å². The van der Waals surface area contributed by atoms with Crippen LogP contribution in [-0.4, -0.2) is 29.8 Å². The number of amides is 1. The van der Waals surface area contributed by atoms with E-state index in [-0.39, 0.29) is 6.61 Å². The number of carbonyl (C=O) groups excluding carboxylic acids is 1. The highest BCUT2D eigenvalue weighted by Gasteiger charge is 2.31. The molecule has 0 aromatic carbocycles. The molecule has 0 aromatic rings. The fourth-order valence-electron chi connectivity index (χ4n) is 0.484. The summed E-state index contributed by atoms with van der Waals surface area (Å²) in [6.45, 7) is 0.158. The molecule has 1 saturated heterocycles. The van der Waals surface area contributed by atoms with Crippen LogP contribution < -0.4 is 5.32 Å². The van der Waals surface area contributed by atoms with E-state index in [1.807, 2.05) is 5.32 Å². The van der Waals surface area contributed by atoms with Gasteiger partial charge in [0.2, 0.25) is 0 Å². The summed E-state index contributed by atoms with van der Waals surface area (Å²) < 4.78 is 4.28. The van der Waals surface area contributed by atoms with E-state index in [9.17, 15) is 9.59 Å². The highest BCUT2D eigenvalue weighted by molar-refractivity contribution is 5.84. The number of hydrogen-bond acceptors (Lipinski definition) is 3. The molecule has 9 heavy (non-hydrogen) atoms. The zero-order valence-corrected chi connectivity index (χ0v) is 4.46. The van der Waals surface area contributed by atoms with E-state index in [0.717, 1.165) is 0 Å². The Bertz CT molecular complexity index is 155. The van der Waals surface area contributed by atoms with Gasteiger partial charge >= 0.3 is 12.1 Å². The topological polar surface area (TPSA) is 75.6 Å². The first-order valence-electron chi connectivity index (χ1n) is 2.36. The Balaban J connectivity index is 2.29. The van der Waals surface area contributed by atoms with Crippen molar-refractivity contribution >= 4 is 12.1 Å². The van der Waals surface area contributed by atoms with Gasteiger partial charge in [-0.1, -0.05) is 0 Å². The summed E-state index contributed by atoms with van der Waals surface area (Å²) >= 11 is 0. The van der Waals surface area contributed by atoms with Gasteiger partial charge in [-0.2, -0.15) is 0 Å². The average Bonchev–Trinajstić information content (AvgIpc) is 1.79. The van der Waals surface area contributed by atoms with Gasteiger partial charge in [0, 0.05) is 0 Å². The minimum atomic E-state index is -1.20. The fraction of sp³-hybridized carbons (Fsp3) is 0.500. The average molecular weight is 131 g/mol. The molecule has 0 spiro atoms. The Kier molecular flexibility index (Phi) is 1.26. The van der Waals surface area contributed by atoms with E-state index >= 15 is 0 Å². The molecule has 1 atom stereocenters. The molecule has 0 unspecified atom stereocenters. The molecule has 1 aliphatic heterocycles. The van der Waals surface area contributed by atoms with E-state index in [1.54, 1.807) is 0 Å². The van der Waals surface area contributed by atoms with Crippen molar-refractivity contribution in [3.05, 3.63) is 0 Å². The van der Waals surface area contributed by atoms with E-state index in [0.29, 0.717) is 0 Å². The number of hydrogen-bond donors (Lipinski definition) is 2. The zero-order chi connectivity index (χ0) is 6.85. The van der Waals surface area contributed by atoms with Gasteiger partial charge in [0.1, 0.15) is 6.61 Å². The largest absolute Gasteiger partial charge is 0.465 e. The molecule has 1 amide bonds. The second kappa shape index (κ2) is 1.93. The molecule has 5 heteroatoms. The number of carboxylic acid groups (broad SMARTS) is 1. The lowest BCUT2D eigenvalue weighted by Gasteiger charge is -2.23. The molecule has 0 aliphatic carbocycles. The number of nitrogens with one attached hydrogen (secondary N) is 1. The molecule has 1 rings (SSSR count). The number of cyclic esters (lactones) is 1. The molecule has 5 nitrogen and oxygen atoms in total. The van der Waals surface area contributed by atoms with Crippen LogP contribution in [0, 0.1) is 0 Å². The molecule has 2 N–H and O–H groups in total. The van der Waals surface area contributed by atoms with Gasteiger partial charge in [0.15, 0.2) is 6.04 Å². The third-order valence-corrected chi connectivity index (χ3v) is 0.974. The van der Waals surface area contributed by atoms with E-state index < -0.39 is 18.1 Å². The lowest BCUT2D eigenvalue weighted by atomic mass is 10.2. The molecule has 0 aromatic heterocycles. The Morgan fingerprint density at radius 3 is 2.67 bits per heavy atom. The van der Waals surface area contributed by atoms with Crippen molar-refractivity contribution < 1.29 is 19.4 Å². The first-order chi connectivity index (χ1) is 4.20. The van der Waals surface area contributed by atoms with Crippen molar-refractivity contribution in [2.24, 2.45) is 0 Å². The van der Waals surface area contributed by atoms with Crippen LogP contribution in [0.25, 0.3) is 0 Å². The van der Waals surface area contributed by atoms with Crippen molar-refractivity contribution in [3.8, 4) is 0 Å². The monoisotopic (exact) mass is 131 g/mol. The van der Waals surface area contributed by atoms with Gasteiger partial charge in [-0.15, -0.1) is 0 Å². The van der Waals surface area contributed by atoms with Gasteiger partial charge in [-0.05, 0) is 0 Å². The molecule has 0 saturated carbocycles. The minimum absolute atomic E-state index is 0.158. The van der Waals surface area contributed by atoms with Crippen molar-refractivity contribution in [2.45, 2.75) is 6.04 Å². The smallest absolute Gasteiger partial charge is 0.405 e. The molecule has 0 bridgehead atoms. The quantitative estimate of drug-likeness (QED) is 0.456. The van der Waals surface area contributed by atoms with Crippen molar-refractivity contribution in [1.29, 1.82) is 0 Å². The summed E-state index contributed by atoms with van der Waals surface area (Å²) in [5.74, 6) is -0.502. The molecule has 1 fully saturated rings. The molecule has 1 heterocycles. The van der Waals surface area contributed by atoms with E-state index in [4.69, 9.17) is 5.11 Å². The predicted octanol–water partition coefficient (Wildman–Crippen LogP) is -0.821.